The quantitative estimate of drug-likeness (QED) is 0.649. The monoisotopic (exact) mass is 323 g/mol. The average Bonchev–Trinajstić information content (AvgIpc) is 3.08. The van der Waals surface area contributed by atoms with E-state index in [9.17, 15) is 0 Å². The first-order chi connectivity index (χ1) is 11.7. The molecule has 126 valence electrons. The summed E-state index contributed by atoms with van der Waals surface area (Å²) in [6.45, 7) is 5.86. The Hall–Kier alpha value is -2.33. The Morgan fingerprint density at radius 3 is 2.71 bits per heavy atom. The van der Waals surface area contributed by atoms with Gasteiger partial charge in [-0.05, 0) is 55.8 Å². The molecule has 1 aliphatic heterocycles. The second kappa shape index (κ2) is 7.97. The zero-order valence-electron chi connectivity index (χ0n) is 14.2. The first kappa shape index (κ1) is 16.5. The fourth-order valence-electron chi connectivity index (χ4n) is 3.03. The number of fused-ring (bicyclic) bond motifs is 1. The molecule has 0 aliphatic carbocycles. The first-order valence-electron chi connectivity index (χ1n) is 8.57. The number of nitrogens with zero attached hydrogens (tertiary/aromatic N) is 2. The minimum atomic E-state index is 0.427. The van der Waals surface area contributed by atoms with Gasteiger partial charge in [-0.25, -0.2) is 0 Å². The van der Waals surface area contributed by atoms with Crippen LogP contribution in [0.4, 0.5) is 5.69 Å². The van der Waals surface area contributed by atoms with Crippen molar-refractivity contribution in [3.05, 3.63) is 54.4 Å². The number of hydrogen-bond acceptors (Lipinski definition) is 4. The van der Waals surface area contributed by atoms with Gasteiger partial charge in [0.15, 0.2) is 5.88 Å². The van der Waals surface area contributed by atoms with E-state index < -0.39 is 0 Å². The standard InChI is InChI=1S/C20H25N3O/c1-16(14-20(21)24-13-12-23-10-4-5-11-23)22-19-9-8-17-6-2-3-7-18(17)15-19/h2-3,6-9,14-15H,4-5,10-13,21H2,1H3. The van der Waals surface area contributed by atoms with Gasteiger partial charge in [-0.15, -0.1) is 0 Å². The average molecular weight is 323 g/mol. The molecule has 3 rings (SSSR count). The number of rotatable bonds is 6. The summed E-state index contributed by atoms with van der Waals surface area (Å²) < 4.78 is 5.60. The minimum absolute atomic E-state index is 0.427. The van der Waals surface area contributed by atoms with Gasteiger partial charge in [0, 0.05) is 18.3 Å². The van der Waals surface area contributed by atoms with E-state index in [4.69, 9.17) is 10.5 Å². The van der Waals surface area contributed by atoms with E-state index in [-0.39, 0.29) is 0 Å². The molecule has 0 aromatic heterocycles. The zero-order valence-corrected chi connectivity index (χ0v) is 14.2. The Balaban J connectivity index is 1.58. The van der Waals surface area contributed by atoms with Crippen LogP contribution in [-0.4, -0.2) is 36.9 Å². The number of benzene rings is 2. The molecule has 24 heavy (non-hydrogen) atoms. The van der Waals surface area contributed by atoms with E-state index in [1.807, 2.05) is 25.1 Å². The second-order valence-electron chi connectivity index (χ2n) is 6.23. The van der Waals surface area contributed by atoms with Gasteiger partial charge in [-0.1, -0.05) is 30.3 Å². The number of aliphatic imine (C=N–C) groups is 1. The van der Waals surface area contributed by atoms with Gasteiger partial charge in [0.05, 0.1) is 5.69 Å². The summed E-state index contributed by atoms with van der Waals surface area (Å²) in [5.74, 6) is 0.427. The van der Waals surface area contributed by atoms with Crippen molar-refractivity contribution in [3.8, 4) is 0 Å². The summed E-state index contributed by atoms with van der Waals surface area (Å²) in [5.41, 5.74) is 7.70. The number of hydrogen-bond donors (Lipinski definition) is 1. The van der Waals surface area contributed by atoms with Crippen molar-refractivity contribution >= 4 is 22.2 Å². The highest BCUT2D eigenvalue weighted by molar-refractivity contribution is 5.96. The molecule has 0 unspecified atom stereocenters. The molecule has 4 nitrogen and oxygen atoms in total. The minimum Gasteiger partial charge on any atom is -0.478 e. The van der Waals surface area contributed by atoms with Gasteiger partial charge in [-0.2, -0.15) is 0 Å². The van der Waals surface area contributed by atoms with E-state index in [0.717, 1.165) is 17.9 Å². The third kappa shape index (κ3) is 4.59. The van der Waals surface area contributed by atoms with Gasteiger partial charge in [0.2, 0.25) is 0 Å². The van der Waals surface area contributed by atoms with Crippen molar-refractivity contribution in [1.29, 1.82) is 0 Å². The van der Waals surface area contributed by atoms with Crippen LogP contribution >= 0.6 is 0 Å². The Morgan fingerprint density at radius 2 is 1.92 bits per heavy atom. The summed E-state index contributed by atoms with van der Waals surface area (Å²) in [4.78, 5) is 7.01. The maximum absolute atomic E-state index is 5.94. The predicted molar refractivity (Wildman–Crippen MR) is 101 cm³/mol. The molecular formula is C20H25N3O. The van der Waals surface area contributed by atoms with Gasteiger partial charge in [0.25, 0.3) is 0 Å². The second-order valence-corrected chi connectivity index (χ2v) is 6.23. The number of allylic oxidation sites excluding steroid dienone is 1. The predicted octanol–water partition coefficient (Wildman–Crippen LogP) is 3.84. The van der Waals surface area contributed by atoms with Gasteiger partial charge >= 0.3 is 0 Å². The maximum Gasteiger partial charge on any atom is 0.185 e. The Kier molecular flexibility index (Phi) is 5.49. The van der Waals surface area contributed by atoms with Crippen molar-refractivity contribution in [2.24, 2.45) is 10.7 Å². The van der Waals surface area contributed by atoms with Gasteiger partial charge in [0.1, 0.15) is 6.61 Å². The highest BCUT2D eigenvalue weighted by Gasteiger charge is 2.10. The molecule has 0 bridgehead atoms. The molecule has 0 spiro atoms. The molecule has 1 heterocycles. The van der Waals surface area contributed by atoms with Crippen LogP contribution in [0, 0.1) is 0 Å². The van der Waals surface area contributed by atoms with E-state index >= 15 is 0 Å². The summed E-state index contributed by atoms with van der Waals surface area (Å²) in [7, 11) is 0. The highest BCUT2D eigenvalue weighted by atomic mass is 16.5. The van der Waals surface area contributed by atoms with Crippen LogP contribution in [0.5, 0.6) is 0 Å². The molecule has 2 N–H and O–H groups in total. The van der Waals surface area contributed by atoms with Crippen molar-refractivity contribution < 1.29 is 4.74 Å². The molecule has 0 radical (unpaired) electrons. The van der Waals surface area contributed by atoms with E-state index in [1.54, 1.807) is 6.08 Å². The molecule has 0 saturated carbocycles. The van der Waals surface area contributed by atoms with Crippen LogP contribution in [0.2, 0.25) is 0 Å². The van der Waals surface area contributed by atoms with E-state index in [0.29, 0.717) is 12.5 Å². The molecular weight excluding hydrogens is 298 g/mol. The number of nitrogens with two attached hydrogens (primary N) is 1. The Labute approximate surface area is 143 Å². The molecule has 1 fully saturated rings. The van der Waals surface area contributed by atoms with Crippen LogP contribution < -0.4 is 5.73 Å². The lowest BCUT2D eigenvalue weighted by Crippen LogP contribution is -2.24. The molecule has 2 aromatic rings. The third-order valence-electron chi connectivity index (χ3n) is 4.26. The number of likely N-dealkylation sites (tertiary alicyclic amines) is 1. The summed E-state index contributed by atoms with van der Waals surface area (Å²) in [5, 5.41) is 2.40. The van der Waals surface area contributed by atoms with Gasteiger partial charge in [-0.3, -0.25) is 9.89 Å². The Bertz CT molecular complexity index is 745. The maximum atomic E-state index is 5.94. The van der Waals surface area contributed by atoms with E-state index in [2.05, 4.69) is 34.2 Å². The van der Waals surface area contributed by atoms with Crippen LogP contribution in [-0.2, 0) is 4.74 Å². The third-order valence-corrected chi connectivity index (χ3v) is 4.26. The summed E-state index contributed by atoms with van der Waals surface area (Å²) in [6, 6.07) is 14.5. The molecule has 2 aromatic carbocycles. The van der Waals surface area contributed by atoms with Gasteiger partial charge < -0.3 is 10.5 Å². The first-order valence-corrected chi connectivity index (χ1v) is 8.57. The van der Waals surface area contributed by atoms with Crippen LogP contribution in [0.3, 0.4) is 0 Å². The van der Waals surface area contributed by atoms with Crippen LogP contribution in [0.15, 0.2) is 59.4 Å². The number of ether oxygens (including phenoxy) is 1. The lowest BCUT2D eigenvalue weighted by atomic mass is 10.1. The fourth-order valence-corrected chi connectivity index (χ4v) is 3.03. The Morgan fingerprint density at radius 1 is 1.17 bits per heavy atom. The molecule has 0 amide bonds. The fraction of sp³-hybridized carbons (Fsp3) is 0.350. The SMILES string of the molecule is CC(C=C(N)OCCN1CCCC1)=Nc1ccc2ccccc2c1. The molecule has 0 atom stereocenters. The lowest BCUT2D eigenvalue weighted by Gasteiger charge is -2.14. The van der Waals surface area contributed by atoms with Crippen molar-refractivity contribution in [2.75, 3.05) is 26.2 Å². The summed E-state index contributed by atoms with van der Waals surface area (Å²) in [6.07, 6.45) is 4.38. The van der Waals surface area contributed by atoms with Crippen molar-refractivity contribution in [3.63, 3.8) is 0 Å². The lowest BCUT2D eigenvalue weighted by molar-refractivity contribution is 0.170. The topological polar surface area (TPSA) is 50.9 Å². The van der Waals surface area contributed by atoms with Crippen LogP contribution in [0.1, 0.15) is 19.8 Å². The van der Waals surface area contributed by atoms with Crippen molar-refractivity contribution in [2.45, 2.75) is 19.8 Å². The molecule has 1 saturated heterocycles. The molecule has 1 aliphatic rings. The van der Waals surface area contributed by atoms with Crippen LogP contribution in [0.25, 0.3) is 10.8 Å². The van der Waals surface area contributed by atoms with E-state index in [1.165, 1.54) is 36.7 Å². The largest absolute Gasteiger partial charge is 0.478 e. The molecule has 4 heteroatoms. The summed E-state index contributed by atoms with van der Waals surface area (Å²) >= 11 is 0. The zero-order chi connectivity index (χ0) is 16.8. The van der Waals surface area contributed by atoms with Crippen molar-refractivity contribution in [1.82, 2.24) is 4.90 Å². The highest BCUT2D eigenvalue weighted by Crippen LogP contribution is 2.21. The normalized spacial score (nSPS) is 16.7. The smallest absolute Gasteiger partial charge is 0.185 e.